The number of para-hydroxylation sites is 1. The summed E-state index contributed by atoms with van der Waals surface area (Å²) in [5, 5.41) is 3.12. The fourth-order valence-electron chi connectivity index (χ4n) is 3.76. The number of carbonyl (C=O) groups is 1. The Morgan fingerprint density at radius 3 is 2.48 bits per heavy atom. The van der Waals surface area contributed by atoms with E-state index in [1.807, 2.05) is 53.4 Å². The Bertz CT molecular complexity index is 1050. The third kappa shape index (κ3) is 5.90. The number of aromatic nitrogens is 1. The Morgan fingerprint density at radius 1 is 1.00 bits per heavy atom. The molecule has 0 saturated carbocycles. The van der Waals surface area contributed by atoms with Gasteiger partial charge in [-0.15, -0.1) is 11.3 Å². The summed E-state index contributed by atoms with van der Waals surface area (Å²) in [6, 6.07) is 15.4. The maximum absolute atomic E-state index is 13.1. The van der Waals surface area contributed by atoms with Gasteiger partial charge < -0.3 is 19.1 Å². The molecule has 0 unspecified atom stereocenters. The SMILES string of the molecule is COCCOc1ccccc1C(=O)N1CCN(Cc2csc(-c3ccc(OC)cc3)n2)CC1. The maximum atomic E-state index is 13.1. The fourth-order valence-corrected chi connectivity index (χ4v) is 4.58. The van der Waals surface area contributed by atoms with Crippen molar-refractivity contribution in [1.29, 1.82) is 0 Å². The second kappa shape index (κ2) is 11.3. The number of hydrogen-bond acceptors (Lipinski definition) is 7. The van der Waals surface area contributed by atoms with E-state index >= 15 is 0 Å². The van der Waals surface area contributed by atoms with E-state index in [0.717, 1.165) is 41.6 Å². The molecule has 1 amide bonds. The van der Waals surface area contributed by atoms with Crippen LogP contribution in [0.3, 0.4) is 0 Å². The number of piperazine rings is 1. The molecule has 1 aromatic heterocycles. The summed E-state index contributed by atoms with van der Waals surface area (Å²) in [7, 11) is 3.30. The van der Waals surface area contributed by atoms with Crippen LogP contribution in [0.1, 0.15) is 16.1 Å². The van der Waals surface area contributed by atoms with E-state index in [2.05, 4.69) is 10.3 Å². The molecule has 1 aliphatic heterocycles. The topological polar surface area (TPSA) is 64.1 Å². The minimum absolute atomic E-state index is 0.0121. The number of ether oxygens (including phenoxy) is 3. The zero-order valence-corrected chi connectivity index (χ0v) is 19.8. The summed E-state index contributed by atoms with van der Waals surface area (Å²) >= 11 is 1.65. The second-order valence-corrected chi connectivity index (χ2v) is 8.64. The van der Waals surface area contributed by atoms with Gasteiger partial charge in [0.15, 0.2) is 0 Å². The van der Waals surface area contributed by atoms with E-state index in [1.54, 1.807) is 25.6 Å². The van der Waals surface area contributed by atoms with Crippen molar-refractivity contribution in [2.75, 3.05) is 53.6 Å². The first kappa shape index (κ1) is 23.2. The summed E-state index contributed by atoms with van der Waals surface area (Å²) in [5.74, 6) is 1.46. The molecule has 0 spiro atoms. The molecule has 0 N–H and O–H groups in total. The van der Waals surface area contributed by atoms with Gasteiger partial charge in [0.1, 0.15) is 23.1 Å². The molecular formula is C25H29N3O4S. The number of carbonyl (C=O) groups excluding carboxylic acids is 1. The lowest BCUT2D eigenvalue weighted by Gasteiger charge is -2.34. The van der Waals surface area contributed by atoms with Gasteiger partial charge in [0.2, 0.25) is 0 Å². The standard InChI is InChI=1S/C25H29N3O4S/c1-30-15-16-32-23-6-4-3-5-22(23)25(29)28-13-11-27(12-14-28)17-20-18-33-24(26-20)19-7-9-21(31-2)10-8-19/h3-10,18H,11-17H2,1-2H3. The van der Waals surface area contributed by atoms with Crippen LogP contribution in [0.2, 0.25) is 0 Å². The largest absolute Gasteiger partial charge is 0.497 e. The average Bonchev–Trinajstić information content (AvgIpc) is 3.33. The zero-order valence-electron chi connectivity index (χ0n) is 19.0. The quantitative estimate of drug-likeness (QED) is 0.446. The Hall–Kier alpha value is -2.94. The monoisotopic (exact) mass is 467 g/mol. The van der Waals surface area contributed by atoms with Gasteiger partial charge in [-0.05, 0) is 36.4 Å². The molecule has 1 saturated heterocycles. The number of methoxy groups -OCH3 is 2. The minimum atomic E-state index is 0.0121. The van der Waals surface area contributed by atoms with Crippen LogP contribution in [0, 0.1) is 0 Å². The van der Waals surface area contributed by atoms with Gasteiger partial charge in [-0.2, -0.15) is 0 Å². The van der Waals surface area contributed by atoms with Crippen molar-refractivity contribution in [2.45, 2.75) is 6.54 Å². The van der Waals surface area contributed by atoms with Crippen molar-refractivity contribution in [3.05, 3.63) is 65.2 Å². The molecule has 0 bridgehead atoms. The first-order chi connectivity index (χ1) is 16.2. The Labute approximate surface area is 198 Å². The molecule has 0 atom stereocenters. The zero-order chi connectivity index (χ0) is 23.0. The van der Waals surface area contributed by atoms with Crippen molar-refractivity contribution < 1.29 is 19.0 Å². The van der Waals surface area contributed by atoms with Gasteiger partial charge in [-0.25, -0.2) is 4.98 Å². The van der Waals surface area contributed by atoms with Gasteiger partial charge in [0, 0.05) is 50.8 Å². The molecule has 3 aromatic rings. The van der Waals surface area contributed by atoms with Crippen molar-refractivity contribution in [3.63, 3.8) is 0 Å². The van der Waals surface area contributed by atoms with Crippen LogP contribution in [-0.4, -0.2) is 74.3 Å². The first-order valence-electron chi connectivity index (χ1n) is 11.0. The normalized spacial score (nSPS) is 14.3. The highest BCUT2D eigenvalue weighted by Gasteiger charge is 2.24. The number of hydrogen-bond donors (Lipinski definition) is 0. The van der Waals surface area contributed by atoms with Gasteiger partial charge in [-0.1, -0.05) is 12.1 Å². The van der Waals surface area contributed by atoms with E-state index in [1.165, 1.54) is 0 Å². The molecule has 33 heavy (non-hydrogen) atoms. The van der Waals surface area contributed by atoms with Gasteiger partial charge in [-0.3, -0.25) is 9.69 Å². The first-order valence-corrected chi connectivity index (χ1v) is 11.9. The van der Waals surface area contributed by atoms with Crippen LogP contribution in [0.4, 0.5) is 0 Å². The van der Waals surface area contributed by atoms with Gasteiger partial charge in [0.25, 0.3) is 5.91 Å². The third-order valence-corrected chi connectivity index (χ3v) is 6.54. The van der Waals surface area contributed by atoms with Crippen LogP contribution in [0.5, 0.6) is 11.5 Å². The van der Waals surface area contributed by atoms with Crippen molar-refractivity contribution in [3.8, 4) is 22.1 Å². The number of benzene rings is 2. The molecule has 1 fully saturated rings. The van der Waals surface area contributed by atoms with E-state index < -0.39 is 0 Å². The number of thiazole rings is 1. The predicted molar refractivity (Wildman–Crippen MR) is 129 cm³/mol. The summed E-state index contributed by atoms with van der Waals surface area (Å²) in [6.07, 6.45) is 0. The molecule has 2 heterocycles. The second-order valence-electron chi connectivity index (χ2n) is 7.78. The van der Waals surface area contributed by atoms with Gasteiger partial charge >= 0.3 is 0 Å². The lowest BCUT2D eigenvalue weighted by molar-refractivity contribution is 0.0621. The average molecular weight is 468 g/mol. The smallest absolute Gasteiger partial charge is 0.257 e. The molecule has 2 aromatic carbocycles. The predicted octanol–water partition coefficient (Wildman–Crippen LogP) is 3.80. The van der Waals surface area contributed by atoms with E-state index in [4.69, 9.17) is 19.2 Å². The highest BCUT2D eigenvalue weighted by Crippen LogP contribution is 2.26. The van der Waals surface area contributed by atoms with Crippen LogP contribution in [-0.2, 0) is 11.3 Å². The highest BCUT2D eigenvalue weighted by molar-refractivity contribution is 7.13. The lowest BCUT2D eigenvalue weighted by atomic mass is 10.1. The molecule has 8 heteroatoms. The Kier molecular flexibility index (Phi) is 7.93. The summed E-state index contributed by atoms with van der Waals surface area (Å²) < 4.78 is 16.0. The molecular weight excluding hydrogens is 438 g/mol. The highest BCUT2D eigenvalue weighted by atomic mass is 32.1. The molecule has 7 nitrogen and oxygen atoms in total. The van der Waals surface area contributed by atoms with Crippen LogP contribution < -0.4 is 9.47 Å². The van der Waals surface area contributed by atoms with Crippen LogP contribution in [0.25, 0.3) is 10.6 Å². The Morgan fingerprint density at radius 2 is 1.76 bits per heavy atom. The minimum Gasteiger partial charge on any atom is -0.497 e. The molecule has 1 aliphatic rings. The van der Waals surface area contributed by atoms with E-state index in [0.29, 0.717) is 37.6 Å². The number of rotatable bonds is 9. The van der Waals surface area contributed by atoms with Crippen LogP contribution >= 0.6 is 11.3 Å². The van der Waals surface area contributed by atoms with Crippen molar-refractivity contribution in [2.24, 2.45) is 0 Å². The number of amides is 1. The third-order valence-electron chi connectivity index (χ3n) is 5.60. The number of nitrogens with zero attached hydrogens (tertiary/aromatic N) is 3. The molecule has 0 radical (unpaired) electrons. The van der Waals surface area contributed by atoms with Gasteiger partial charge in [0.05, 0.1) is 25.0 Å². The summed E-state index contributed by atoms with van der Waals surface area (Å²) in [6.45, 7) is 4.67. The summed E-state index contributed by atoms with van der Waals surface area (Å²) in [5.41, 5.74) is 2.75. The Balaban J connectivity index is 1.31. The van der Waals surface area contributed by atoms with Crippen LogP contribution in [0.15, 0.2) is 53.9 Å². The molecule has 4 rings (SSSR count). The molecule has 0 aliphatic carbocycles. The van der Waals surface area contributed by atoms with Crippen molar-refractivity contribution in [1.82, 2.24) is 14.8 Å². The fraction of sp³-hybridized carbons (Fsp3) is 0.360. The van der Waals surface area contributed by atoms with E-state index in [9.17, 15) is 4.79 Å². The summed E-state index contributed by atoms with van der Waals surface area (Å²) in [4.78, 5) is 22.2. The lowest BCUT2D eigenvalue weighted by Crippen LogP contribution is -2.48. The maximum Gasteiger partial charge on any atom is 0.257 e. The van der Waals surface area contributed by atoms with E-state index in [-0.39, 0.29) is 5.91 Å². The molecule has 174 valence electrons. The van der Waals surface area contributed by atoms with Crippen molar-refractivity contribution >= 4 is 17.2 Å².